The van der Waals surface area contributed by atoms with Crippen molar-refractivity contribution in [2.24, 2.45) is 5.73 Å². The molecular weight excluding hydrogens is 243 g/mol. The van der Waals surface area contributed by atoms with E-state index >= 15 is 0 Å². The quantitative estimate of drug-likeness (QED) is 0.864. The van der Waals surface area contributed by atoms with E-state index < -0.39 is 26.9 Å². The summed E-state index contributed by atoms with van der Waals surface area (Å²) in [6.45, 7) is 0. The van der Waals surface area contributed by atoms with Crippen LogP contribution in [0.15, 0.2) is 18.5 Å². The minimum absolute atomic E-state index is 0.151. The molecule has 94 valence electrons. The van der Waals surface area contributed by atoms with Crippen molar-refractivity contribution >= 4 is 9.84 Å². The summed E-state index contributed by atoms with van der Waals surface area (Å²) in [5, 5.41) is -0.673. The van der Waals surface area contributed by atoms with Gasteiger partial charge in [0.15, 0.2) is 9.84 Å². The number of nitrogens with zero attached hydrogens (tertiary/aromatic N) is 1. The molecule has 1 aliphatic rings. The van der Waals surface area contributed by atoms with Gasteiger partial charge in [-0.1, -0.05) is 6.42 Å². The summed E-state index contributed by atoms with van der Waals surface area (Å²) in [6, 6.07) is 0.646. The van der Waals surface area contributed by atoms with Gasteiger partial charge in [0.05, 0.1) is 17.2 Å². The van der Waals surface area contributed by atoms with Gasteiger partial charge in [-0.15, -0.1) is 0 Å². The second-order valence-electron chi connectivity index (χ2n) is 4.32. The molecule has 2 N–H and O–H groups in total. The van der Waals surface area contributed by atoms with Crippen LogP contribution in [0.3, 0.4) is 0 Å². The second-order valence-corrected chi connectivity index (χ2v) is 6.66. The summed E-state index contributed by atoms with van der Waals surface area (Å²) in [4.78, 5) is 3.63. The molecule has 0 bridgehead atoms. The van der Waals surface area contributed by atoms with E-state index in [4.69, 9.17) is 5.73 Å². The number of halogens is 1. The summed E-state index contributed by atoms with van der Waals surface area (Å²) in [5.74, 6) is -0.390. The molecule has 2 heterocycles. The van der Waals surface area contributed by atoms with Crippen LogP contribution in [0, 0.1) is 5.82 Å². The largest absolute Gasteiger partial charge is 0.323 e. The standard InChI is InChI=1S/C11H15FN2O2S/c12-9-7-14-5-4-8(9)11(13)10-3-1-2-6-17(10,15)16/h4-5,7,10-11H,1-3,6,13H2. The normalized spacial score (nSPS) is 25.4. The highest BCUT2D eigenvalue weighted by atomic mass is 32.2. The fourth-order valence-electron chi connectivity index (χ4n) is 2.24. The topological polar surface area (TPSA) is 73.0 Å². The third kappa shape index (κ3) is 2.47. The van der Waals surface area contributed by atoms with Gasteiger partial charge < -0.3 is 5.73 Å². The fourth-order valence-corrected chi connectivity index (χ4v) is 4.27. The van der Waals surface area contributed by atoms with Crippen LogP contribution in [0.25, 0.3) is 0 Å². The van der Waals surface area contributed by atoms with E-state index in [1.807, 2.05) is 0 Å². The maximum Gasteiger partial charge on any atom is 0.155 e. The van der Waals surface area contributed by atoms with Crippen LogP contribution in [-0.4, -0.2) is 24.4 Å². The molecule has 2 rings (SSSR count). The molecule has 0 aliphatic carbocycles. The number of aromatic nitrogens is 1. The average Bonchev–Trinajstić information content (AvgIpc) is 2.28. The molecule has 0 saturated carbocycles. The number of rotatable bonds is 2. The van der Waals surface area contributed by atoms with E-state index in [1.165, 1.54) is 12.3 Å². The Morgan fingerprint density at radius 2 is 2.24 bits per heavy atom. The Morgan fingerprint density at radius 1 is 1.47 bits per heavy atom. The van der Waals surface area contributed by atoms with Crippen LogP contribution in [0.1, 0.15) is 30.9 Å². The maximum atomic E-state index is 13.5. The first-order valence-electron chi connectivity index (χ1n) is 5.59. The molecule has 0 radical (unpaired) electrons. The van der Waals surface area contributed by atoms with Crippen molar-refractivity contribution in [2.45, 2.75) is 30.6 Å². The van der Waals surface area contributed by atoms with Gasteiger partial charge in [0.25, 0.3) is 0 Å². The zero-order valence-electron chi connectivity index (χ0n) is 9.34. The van der Waals surface area contributed by atoms with Gasteiger partial charge >= 0.3 is 0 Å². The van der Waals surface area contributed by atoms with Crippen molar-refractivity contribution in [1.29, 1.82) is 0 Å². The van der Waals surface area contributed by atoms with Gasteiger partial charge in [-0.2, -0.15) is 0 Å². The number of nitrogens with two attached hydrogens (primary N) is 1. The molecule has 1 aromatic heterocycles. The van der Waals surface area contributed by atoms with E-state index in [-0.39, 0.29) is 11.3 Å². The number of sulfone groups is 1. The molecule has 1 saturated heterocycles. The minimum Gasteiger partial charge on any atom is -0.323 e. The predicted molar refractivity (Wildman–Crippen MR) is 62.5 cm³/mol. The Kier molecular flexibility index (Phi) is 3.44. The minimum atomic E-state index is -3.20. The van der Waals surface area contributed by atoms with E-state index in [0.717, 1.165) is 12.6 Å². The summed E-state index contributed by atoms with van der Waals surface area (Å²) in [7, 11) is -3.20. The summed E-state index contributed by atoms with van der Waals surface area (Å²) in [5.41, 5.74) is 6.13. The van der Waals surface area contributed by atoms with Crippen LogP contribution in [-0.2, 0) is 9.84 Å². The first-order valence-corrected chi connectivity index (χ1v) is 7.30. The highest BCUT2D eigenvalue weighted by Crippen LogP contribution is 2.29. The van der Waals surface area contributed by atoms with Gasteiger partial charge in [0, 0.05) is 17.8 Å². The van der Waals surface area contributed by atoms with Gasteiger partial charge in [0.1, 0.15) is 5.82 Å². The highest BCUT2D eigenvalue weighted by Gasteiger charge is 2.35. The maximum absolute atomic E-state index is 13.5. The first-order chi connectivity index (χ1) is 8.02. The lowest BCUT2D eigenvalue weighted by Crippen LogP contribution is -2.38. The van der Waals surface area contributed by atoms with Crippen LogP contribution in [0.4, 0.5) is 4.39 Å². The monoisotopic (exact) mass is 258 g/mol. The predicted octanol–water partition coefficient (Wildman–Crippen LogP) is 1.19. The van der Waals surface area contributed by atoms with E-state index in [1.54, 1.807) is 0 Å². The Labute approximate surface area is 100.0 Å². The Morgan fingerprint density at radius 3 is 2.88 bits per heavy atom. The molecule has 1 fully saturated rings. The molecule has 0 aromatic carbocycles. The zero-order chi connectivity index (χ0) is 12.5. The van der Waals surface area contributed by atoms with Crippen molar-refractivity contribution in [3.63, 3.8) is 0 Å². The smallest absolute Gasteiger partial charge is 0.155 e. The van der Waals surface area contributed by atoms with Crippen LogP contribution < -0.4 is 5.73 Å². The van der Waals surface area contributed by atoms with Gasteiger partial charge in [-0.25, -0.2) is 12.8 Å². The summed E-state index contributed by atoms with van der Waals surface area (Å²) in [6.07, 6.45) is 4.48. The fraction of sp³-hybridized carbons (Fsp3) is 0.545. The molecule has 6 heteroatoms. The molecular formula is C11H15FN2O2S. The number of hydrogen-bond donors (Lipinski definition) is 1. The lowest BCUT2D eigenvalue weighted by molar-refractivity contribution is 0.491. The third-order valence-electron chi connectivity index (χ3n) is 3.19. The van der Waals surface area contributed by atoms with Crippen LogP contribution in [0.5, 0.6) is 0 Å². The Bertz CT molecular complexity index is 504. The number of pyridine rings is 1. The molecule has 0 amide bonds. The SMILES string of the molecule is NC(c1ccncc1F)C1CCCCS1(=O)=O. The molecule has 0 spiro atoms. The van der Waals surface area contributed by atoms with Gasteiger partial charge in [0.2, 0.25) is 0 Å². The summed E-state index contributed by atoms with van der Waals surface area (Å²) < 4.78 is 37.3. The first kappa shape index (κ1) is 12.4. The molecule has 2 unspecified atom stereocenters. The van der Waals surface area contributed by atoms with Crippen molar-refractivity contribution in [3.05, 3.63) is 29.8 Å². The van der Waals surface area contributed by atoms with E-state index in [0.29, 0.717) is 12.8 Å². The highest BCUT2D eigenvalue weighted by molar-refractivity contribution is 7.92. The summed E-state index contributed by atoms with van der Waals surface area (Å²) >= 11 is 0. The zero-order valence-corrected chi connectivity index (χ0v) is 10.2. The number of hydrogen-bond acceptors (Lipinski definition) is 4. The molecule has 1 aliphatic heterocycles. The molecule has 17 heavy (non-hydrogen) atoms. The lowest BCUT2D eigenvalue weighted by Gasteiger charge is -2.27. The lowest BCUT2D eigenvalue weighted by atomic mass is 10.0. The van der Waals surface area contributed by atoms with E-state index in [9.17, 15) is 12.8 Å². The van der Waals surface area contributed by atoms with Crippen LogP contribution in [0.2, 0.25) is 0 Å². The Balaban J connectivity index is 2.31. The van der Waals surface area contributed by atoms with Crippen molar-refractivity contribution in [3.8, 4) is 0 Å². The van der Waals surface area contributed by atoms with Crippen molar-refractivity contribution < 1.29 is 12.8 Å². The van der Waals surface area contributed by atoms with E-state index in [2.05, 4.69) is 4.98 Å². The van der Waals surface area contributed by atoms with Crippen molar-refractivity contribution in [2.75, 3.05) is 5.75 Å². The third-order valence-corrected chi connectivity index (χ3v) is 5.50. The van der Waals surface area contributed by atoms with Gasteiger partial charge in [-0.3, -0.25) is 4.98 Å². The molecule has 1 aromatic rings. The van der Waals surface area contributed by atoms with Crippen molar-refractivity contribution in [1.82, 2.24) is 4.98 Å². The average molecular weight is 258 g/mol. The molecule has 4 nitrogen and oxygen atoms in total. The molecule has 2 atom stereocenters. The van der Waals surface area contributed by atoms with Gasteiger partial charge in [-0.05, 0) is 18.9 Å². The van der Waals surface area contributed by atoms with Crippen LogP contribution >= 0.6 is 0 Å². The second kappa shape index (κ2) is 4.70. The Hall–Kier alpha value is -1.01.